The maximum atomic E-state index is 15.1. The van der Waals surface area contributed by atoms with Crippen molar-refractivity contribution in [1.82, 2.24) is 10.6 Å². The van der Waals surface area contributed by atoms with Crippen LogP contribution in [0.25, 0.3) is 11.1 Å². The summed E-state index contributed by atoms with van der Waals surface area (Å²) in [6.45, 7) is 1.72. The highest BCUT2D eigenvalue weighted by molar-refractivity contribution is 5.90. The zero-order valence-corrected chi connectivity index (χ0v) is 21.1. The minimum Gasteiger partial charge on any atom is -0.445 e. The van der Waals surface area contributed by atoms with Crippen molar-refractivity contribution in [3.8, 4) is 11.1 Å². The van der Waals surface area contributed by atoms with E-state index in [2.05, 4.69) is 10.6 Å². The van der Waals surface area contributed by atoms with E-state index in [9.17, 15) is 19.2 Å². The molecule has 1 unspecified atom stereocenters. The summed E-state index contributed by atoms with van der Waals surface area (Å²) in [6, 6.07) is 18.5. The van der Waals surface area contributed by atoms with Gasteiger partial charge < -0.3 is 25.8 Å². The van der Waals surface area contributed by atoms with E-state index in [-0.39, 0.29) is 31.2 Å². The van der Waals surface area contributed by atoms with Gasteiger partial charge in [-0.25, -0.2) is 14.0 Å². The van der Waals surface area contributed by atoms with Crippen molar-refractivity contribution in [3.05, 3.63) is 89.7 Å². The van der Waals surface area contributed by atoms with Gasteiger partial charge in [0.05, 0.1) is 18.8 Å². The number of halogens is 1. The Hall–Kier alpha value is -4.93. The first-order valence-corrected chi connectivity index (χ1v) is 12.1. The van der Waals surface area contributed by atoms with E-state index in [1.165, 1.54) is 24.0 Å². The van der Waals surface area contributed by atoms with E-state index in [1.807, 2.05) is 18.2 Å². The van der Waals surface area contributed by atoms with Gasteiger partial charge in [0, 0.05) is 12.5 Å². The smallest absolute Gasteiger partial charge is 0.414 e. The van der Waals surface area contributed by atoms with Crippen LogP contribution in [0.5, 0.6) is 0 Å². The van der Waals surface area contributed by atoms with Gasteiger partial charge in [0.15, 0.2) is 0 Å². The summed E-state index contributed by atoms with van der Waals surface area (Å²) in [5.74, 6) is -1.61. The first-order valence-electron chi connectivity index (χ1n) is 12.1. The summed E-state index contributed by atoms with van der Waals surface area (Å²) < 4.78 is 25.5. The molecular weight excluding hydrogens is 507 g/mol. The Labute approximate surface area is 223 Å². The summed E-state index contributed by atoms with van der Waals surface area (Å²) in [7, 11) is 0. The molecule has 0 radical (unpaired) electrons. The fourth-order valence-corrected chi connectivity index (χ4v) is 4.06. The molecule has 3 aromatic carbocycles. The van der Waals surface area contributed by atoms with Crippen molar-refractivity contribution in [1.29, 1.82) is 0 Å². The number of ether oxygens (including phenoxy) is 2. The monoisotopic (exact) mass is 534 g/mol. The van der Waals surface area contributed by atoms with Crippen LogP contribution < -0.4 is 21.3 Å². The van der Waals surface area contributed by atoms with Crippen LogP contribution in [0.4, 0.5) is 19.7 Å². The maximum absolute atomic E-state index is 15.1. The standard InChI is InChI=1S/C28H27FN4O6/c1-17(34)31-14-22-15-33(28(37)39-22)21-11-12-23(24(29)13-21)19-7-9-20(10-8-19)25(26(30)35)32-27(36)38-16-18-5-3-2-4-6-18/h2-13,22,25H,14-16H2,1H3,(H2,30,35)(H,31,34)(H,32,36)/t22-,25?/m0/s1. The maximum Gasteiger partial charge on any atom is 0.414 e. The van der Waals surface area contributed by atoms with Gasteiger partial charge in [-0.1, -0.05) is 54.6 Å². The van der Waals surface area contributed by atoms with E-state index >= 15 is 4.39 Å². The molecule has 1 aliphatic heterocycles. The van der Waals surface area contributed by atoms with Crippen LogP contribution in [0, 0.1) is 5.82 Å². The van der Waals surface area contributed by atoms with Crippen molar-refractivity contribution in [2.45, 2.75) is 25.7 Å². The Morgan fingerprint density at radius 3 is 2.46 bits per heavy atom. The van der Waals surface area contributed by atoms with Gasteiger partial charge in [0.2, 0.25) is 11.8 Å². The van der Waals surface area contributed by atoms with Crippen molar-refractivity contribution < 1.29 is 33.0 Å². The summed E-state index contributed by atoms with van der Waals surface area (Å²) in [5.41, 5.74) is 7.76. The molecule has 1 saturated heterocycles. The molecule has 0 spiro atoms. The molecule has 39 heavy (non-hydrogen) atoms. The number of rotatable bonds is 9. The predicted molar refractivity (Wildman–Crippen MR) is 140 cm³/mol. The molecule has 202 valence electrons. The number of primary amides is 1. The van der Waals surface area contributed by atoms with Gasteiger partial charge in [0.1, 0.15) is 24.6 Å². The van der Waals surface area contributed by atoms with Crippen molar-refractivity contribution in [3.63, 3.8) is 0 Å². The Bertz CT molecular complexity index is 1370. The number of amides is 4. The molecule has 2 atom stereocenters. The number of anilines is 1. The summed E-state index contributed by atoms with van der Waals surface area (Å²) in [6.07, 6.45) is -1.98. The zero-order valence-electron chi connectivity index (χ0n) is 21.1. The first-order chi connectivity index (χ1) is 18.7. The Morgan fingerprint density at radius 1 is 1.10 bits per heavy atom. The fourth-order valence-electron chi connectivity index (χ4n) is 4.06. The SMILES string of the molecule is CC(=O)NC[C@H]1CN(c2ccc(-c3ccc(C(NC(=O)OCc4ccccc4)C(N)=O)cc3)c(F)c2)C(=O)O1. The number of nitrogens with zero attached hydrogens (tertiary/aromatic N) is 1. The number of nitrogens with one attached hydrogen (secondary N) is 2. The van der Waals surface area contributed by atoms with Gasteiger partial charge in [-0.3, -0.25) is 14.5 Å². The molecule has 1 aliphatic rings. The molecule has 10 nitrogen and oxygen atoms in total. The van der Waals surface area contributed by atoms with Crippen molar-refractivity contribution >= 4 is 29.7 Å². The van der Waals surface area contributed by atoms with Crippen LogP contribution in [0.15, 0.2) is 72.8 Å². The highest BCUT2D eigenvalue weighted by atomic mass is 19.1. The third-order valence-corrected chi connectivity index (χ3v) is 6.03. The lowest BCUT2D eigenvalue weighted by Crippen LogP contribution is -2.37. The third kappa shape index (κ3) is 6.89. The Kier molecular flexibility index (Phi) is 8.40. The highest BCUT2D eigenvalue weighted by Crippen LogP contribution is 2.30. The molecule has 0 saturated carbocycles. The second kappa shape index (κ2) is 12.1. The number of carbonyl (C=O) groups is 4. The van der Waals surface area contributed by atoms with E-state index in [4.69, 9.17) is 15.2 Å². The van der Waals surface area contributed by atoms with Crippen LogP contribution in [-0.2, 0) is 25.7 Å². The van der Waals surface area contributed by atoms with Crippen LogP contribution in [0.2, 0.25) is 0 Å². The number of hydrogen-bond donors (Lipinski definition) is 3. The molecule has 0 aliphatic carbocycles. The highest BCUT2D eigenvalue weighted by Gasteiger charge is 2.32. The Morgan fingerprint density at radius 2 is 1.82 bits per heavy atom. The van der Waals surface area contributed by atoms with Crippen LogP contribution in [0.3, 0.4) is 0 Å². The first kappa shape index (κ1) is 27.1. The van der Waals surface area contributed by atoms with Crippen molar-refractivity contribution in [2.75, 3.05) is 18.0 Å². The number of nitrogens with two attached hydrogens (primary N) is 1. The van der Waals surface area contributed by atoms with Gasteiger partial charge in [-0.2, -0.15) is 0 Å². The largest absolute Gasteiger partial charge is 0.445 e. The van der Waals surface area contributed by atoms with E-state index < -0.39 is 36.1 Å². The molecular formula is C28H27FN4O6. The molecule has 11 heteroatoms. The molecule has 0 bridgehead atoms. The molecule has 4 N–H and O–H groups in total. The van der Waals surface area contributed by atoms with Crippen molar-refractivity contribution in [2.24, 2.45) is 5.73 Å². The lowest BCUT2D eigenvalue weighted by molar-refractivity contribution is -0.120. The van der Waals surface area contributed by atoms with E-state index in [0.717, 1.165) is 5.56 Å². The lowest BCUT2D eigenvalue weighted by Gasteiger charge is -2.17. The van der Waals surface area contributed by atoms with Crippen LogP contribution in [-0.4, -0.2) is 43.2 Å². The second-order valence-electron chi connectivity index (χ2n) is 8.88. The lowest BCUT2D eigenvalue weighted by atomic mass is 9.99. The van der Waals surface area contributed by atoms with Crippen LogP contribution in [0.1, 0.15) is 24.1 Å². The average Bonchev–Trinajstić information content (AvgIpc) is 3.30. The molecule has 1 fully saturated rings. The number of hydrogen-bond acceptors (Lipinski definition) is 6. The number of cyclic esters (lactones) is 1. The summed E-state index contributed by atoms with van der Waals surface area (Å²) in [4.78, 5) is 48.9. The summed E-state index contributed by atoms with van der Waals surface area (Å²) in [5, 5.41) is 5.04. The molecule has 0 aromatic heterocycles. The minimum atomic E-state index is -1.15. The molecule has 1 heterocycles. The molecule has 3 aromatic rings. The Balaban J connectivity index is 1.42. The topological polar surface area (TPSA) is 140 Å². The predicted octanol–water partition coefficient (Wildman–Crippen LogP) is 3.41. The molecule has 4 rings (SSSR count). The second-order valence-corrected chi connectivity index (χ2v) is 8.88. The average molecular weight is 535 g/mol. The van der Waals surface area contributed by atoms with Crippen LogP contribution >= 0.6 is 0 Å². The number of carbonyl (C=O) groups excluding carboxylic acids is 4. The number of benzene rings is 3. The number of alkyl carbamates (subject to hydrolysis) is 1. The van der Waals surface area contributed by atoms with Gasteiger partial charge in [-0.15, -0.1) is 0 Å². The van der Waals surface area contributed by atoms with Gasteiger partial charge >= 0.3 is 12.2 Å². The fraction of sp³-hybridized carbons (Fsp3) is 0.214. The third-order valence-electron chi connectivity index (χ3n) is 6.03. The molecule has 4 amide bonds. The van der Waals surface area contributed by atoms with Gasteiger partial charge in [-0.05, 0) is 34.9 Å². The minimum absolute atomic E-state index is 0.0253. The van der Waals surface area contributed by atoms with E-state index in [1.54, 1.807) is 42.5 Å². The summed E-state index contributed by atoms with van der Waals surface area (Å²) >= 11 is 0. The zero-order chi connectivity index (χ0) is 27.9. The van der Waals surface area contributed by atoms with E-state index in [0.29, 0.717) is 16.8 Å². The van der Waals surface area contributed by atoms with Gasteiger partial charge in [0.25, 0.3) is 0 Å². The normalized spacial score (nSPS) is 15.3. The quantitative estimate of drug-likeness (QED) is 0.384.